The SMILES string of the molecule is CC(C)(C)OC(=O)NCCC(=O)CNC(=O)OC(C)(C)C. The van der Waals surface area contributed by atoms with Gasteiger partial charge in [0.2, 0.25) is 0 Å². The van der Waals surface area contributed by atoms with Crippen molar-refractivity contribution in [2.75, 3.05) is 13.1 Å². The van der Waals surface area contributed by atoms with Crippen LogP contribution < -0.4 is 10.6 Å². The van der Waals surface area contributed by atoms with Crippen molar-refractivity contribution in [1.82, 2.24) is 10.6 Å². The Balaban J connectivity index is 3.82. The Morgan fingerprint density at radius 3 is 1.67 bits per heavy atom. The molecule has 2 amide bonds. The zero-order valence-corrected chi connectivity index (χ0v) is 13.7. The fraction of sp³-hybridized carbons (Fsp3) is 0.786. The predicted molar refractivity (Wildman–Crippen MR) is 78.1 cm³/mol. The Bertz CT molecular complexity index is 380. The number of carbonyl (C=O) groups excluding carboxylic acids is 3. The first-order chi connectivity index (χ1) is 9.39. The number of Topliss-reactive ketones (excluding diaryl/α,β-unsaturated/α-hetero) is 1. The van der Waals surface area contributed by atoms with Gasteiger partial charge in [-0.05, 0) is 41.5 Å². The van der Waals surface area contributed by atoms with Crippen LogP contribution in [-0.4, -0.2) is 42.3 Å². The highest BCUT2D eigenvalue weighted by molar-refractivity contribution is 5.84. The van der Waals surface area contributed by atoms with Gasteiger partial charge in [0.15, 0.2) is 5.78 Å². The summed E-state index contributed by atoms with van der Waals surface area (Å²) in [6, 6.07) is 0. The summed E-state index contributed by atoms with van der Waals surface area (Å²) in [6.45, 7) is 10.5. The number of rotatable bonds is 5. The molecule has 21 heavy (non-hydrogen) atoms. The molecular weight excluding hydrogens is 276 g/mol. The average molecular weight is 302 g/mol. The van der Waals surface area contributed by atoms with Crippen LogP contribution >= 0.6 is 0 Å². The van der Waals surface area contributed by atoms with Crippen LogP contribution in [0.2, 0.25) is 0 Å². The van der Waals surface area contributed by atoms with E-state index in [2.05, 4.69) is 10.6 Å². The molecule has 0 aromatic carbocycles. The largest absolute Gasteiger partial charge is 0.444 e. The fourth-order valence-electron chi connectivity index (χ4n) is 1.19. The van der Waals surface area contributed by atoms with E-state index in [4.69, 9.17) is 9.47 Å². The van der Waals surface area contributed by atoms with E-state index in [1.165, 1.54) is 0 Å². The van der Waals surface area contributed by atoms with Crippen LogP contribution in [0.1, 0.15) is 48.0 Å². The quantitative estimate of drug-likeness (QED) is 0.810. The highest BCUT2D eigenvalue weighted by Crippen LogP contribution is 2.07. The van der Waals surface area contributed by atoms with Crippen LogP contribution in [0.4, 0.5) is 9.59 Å². The van der Waals surface area contributed by atoms with Crippen molar-refractivity contribution >= 4 is 18.0 Å². The Kier molecular flexibility index (Phi) is 7.18. The van der Waals surface area contributed by atoms with Gasteiger partial charge >= 0.3 is 12.2 Å². The van der Waals surface area contributed by atoms with E-state index >= 15 is 0 Å². The highest BCUT2D eigenvalue weighted by atomic mass is 16.6. The van der Waals surface area contributed by atoms with Crippen LogP contribution in [0.5, 0.6) is 0 Å². The first-order valence-corrected chi connectivity index (χ1v) is 6.84. The van der Waals surface area contributed by atoms with Gasteiger partial charge in [-0.2, -0.15) is 0 Å². The van der Waals surface area contributed by atoms with Gasteiger partial charge in [0.25, 0.3) is 0 Å². The van der Waals surface area contributed by atoms with E-state index in [1.54, 1.807) is 41.5 Å². The van der Waals surface area contributed by atoms with Gasteiger partial charge in [0.05, 0.1) is 6.54 Å². The fourth-order valence-corrected chi connectivity index (χ4v) is 1.19. The third-order valence-corrected chi connectivity index (χ3v) is 1.90. The van der Waals surface area contributed by atoms with Gasteiger partial charge in [0.1, 0.15) is 11.2 Å². The van der Waals surface area contributed by atoms with E-state index in [9.17, 15) is 14.4 Å². The lowest BCUT2D eigenvalue weighted by molar-refractivity contribution is -0.118. The molecular formula is C14H26N2O5. The summed E-state index contributed by atoms with van der Waals surface area (Å²) in [5.74, 6) is -0.211. The molecule has 122 valence electrons. The molecule has 0 radical (unpaired) electrons. The average Bonchev–Trinajstić information content (AvgIpc) is 2.21. The van der Waals surface area contributed by atoms with Gasteiger partial charge in [-0.25, -0.2) is 9.59 Å². The third-order valence-electron chi connectivity index (χ3n) is 1.90. The van der Waals surface area contributed by atoms with E-state index < -0.39 is 23.4 Å². The van der Waals surface area contributed by atoms with Crippen LogP contribution in [0.3, 0.4) is 0 Å². The molecule has 7 heteroatoms. The second-order valence-electron chi connectivity index (χ2n) is 6.57. The topological polar surface area (TPSA) is 93.7 Å². The number of hydrogen-bond acceptors (Lipinski definition) is 5. The zero-order valence-electron chi connectivity index (χ0n) is 13.7. The molecule has 7 nitrogen and oxygen atoms in total. The number of carbonyl (C=O) groups is 3. The number of alkyl carbamates (subject to hydrolysis) is 2. The number of hydrogen-bond donors (Lipinski definition) is 2. The number of nitrogens with one attached hydrogen (secondary N) is 2. The summed E-state index contributed by atoms with van der Waals surface area (Å²) in [5, 5.41) is 4.83. The summed E-state index contributed by atoms with van der Waals surface area (Å²) in [7, 11) is 0. The molecule has 0 rings (SSSR count). The summed E-state index contributed by atoms with van der Waals surface area (Å²) in [5.41, 5.74) is -1.18. The van der Waals surface area contributed by atoms with Crippen LogP contribution in [-0.2, 0) is 14.3 Å². The van der Waals surface area contributed by atoms with Gasteiger partial charge < -0.3 is 20.1 Å². The molecule has 0 aliphatic carbocycles. The molecule has 0 aromatic rings. The van der Waals surface area contributed by atoms with Crippen molar-refractivity contribution in [3.63, 3.8) is 0 Å². The monoisotopic (exact) mass is 302 g/mol. The molecule has 0 unspecified atom stereocenters. The predicted octanol–water partition coefficient (Wildman–Crippen LogP) is 1.99. The van der Waals surface area contributed by atoms with E-state index in [0.717, 1.165) is 0 Å². The minimum Gasteiger partial charge on any atom is -0.444 e. The molecule has 0 saturated carbocycles. The van der Waals surface area contributed by atoms with Crippen molar-refractivity contribution in [3.8, 4) is 0 Å². The van der Waals surface area contributed by atoms with Crippen LogP contribution in [0.25, 0.3) is 0 Å². The molecule has 0 atom stereocenters. The van der Waals surface area contributed by atoms with Crippen molar-refractivity contribution in [3.05, 3.63) is 0 Å². The minimum absolute atomic E-state index is 0.106. The van der Waals surface area contributed by atoms with Crippen molar-refractivity contribution in [1.29, 1.82) is 0 Å². The number of ether oxygens (including phenoxy) is 2. The minimum atomic E-state index is -0.643. The van der Waals surface area contributed by atoms with Crippen LogP contribution in [0, 0.1) is 0 Å². The number of amides is 2. The summed E-state index contributed by atoms with van der Waals surface area (Å²) in [6.07, 6.45) is -1.11. The highest BCUT2D eigenvalue weighted by Gasteiger charge is 2.17. The zero-order chi connectivity index (χ0) is 16.7. The molecule has 0 heterocycles. The first kappa shape index (κ1) is 19.2. The summed E-state index contributed by atoms with van der Waals surface area (Å²) >= 11 is 0. The Labute approximate surface area is 125 Å². The molecule has 0 spiro atoms. The standard InChI is InChI=1S/C14H26N2O5/c1-13(2,3)20-11(18)15-8-7-10(17)9-16-12(19)21-14(4,5)6/h7-9H2,1-6H3,(H,15,18)(H,16,19). The lowest BCUT2D eigenvalue weighted by Crippen LogP contribution is -2.37. The molecule has 0 aliphatic heterocycles. The maximum absolute atomic E-state index is 11.5. The third kappa shape index (κ3) is 13.0. The van der Waals surface area contributed by atoms with Crippen molar-refractivity contribution in [2.24, 2.45) is 0 Å². The molecule has 0 fully saturated rings. The Morgan fingerprint density at radius 2 is 1.24 bits per heavy atom. The Morgan fingerprint density at radius 1 is 0.810 bits per heavy atom. The van der Waals surface area contributed by atoms with Crippen molar-refractivity contribution in [2.45, 2.75) is 59.2 Å². The van der Waals surface area contributed by atoms with Gasteiger partial charge in [-0.3, -0.25) is 4.79 Å². The van der Waals surface area contributed by atoms with E-state index in [-0.39, 0.29) is 25.3 Å². The molecule has 0 saturated heterocycles. The second-order valence-corrected chi connectivity index (χ2v) is 6.57. The molecule has 0 aliphatic rings. The molecule has 2 N–H and O–H groups in total. The second kappa shape index (κ2) is 7.85. The van der Waals surface area contributed by atoms with Gasteiger partial charge in [-0.1, -0.05) is 0 Å². The maximum atomic E-state index is 11.5. The number of ketones is 1. The summed E-state index contributed by atoms with van der Waals surface area (Å²) < 4.78 is 10.0. The maximum Gasteiger partial charge on any atom is 0.408 e. The van der Waals surface area contributed by atoms with Gasteiger partial charge in [0, 0.05) is 13.0 Å². The normalized spacial score (nSPS) is 11.5. The van der Waals surface area contributed by atoms with E-state index in [1.807, 2.05) is 0 Å². The first-order valence-electron chi connectivity index (χ1n) is 6.84. The van der Waals surface area contributed by atoms with Crippen molar-refractivity contribution < 1.29 is 23.9 Å². The Hall–Kier alpha value is -1.79. The lowest BCUT2D eigenvalue weighted by Gasteiger charge is -2.20. The van der Waals surface area contributed by atoms with Gasteiger partial charge in [-0.15, -0.1) is 0 Å². The summed E-state index contributed by atoms with van der Waals surface area (Å²) in [4.78, 5) is 34.2. The smallest absolute Gasteiger partial charge is 0.408 e. The lowest BCUT2D eigenvalue weighted by atomic mass is 10.2. The molecule has 0 bridgehead atoms. The van der Waals surface area contributed by atoms with E-state index in [0.29, 0.717) is 0 Å². The molecule has 0 aromatic heterocycles. The van der Waals surface area contributed by atoms with Crippen LogP contribution in [0.15, 0.2) is 0 Å².